The van der Waals surface area contributed by atoms with E-state index in [0.29, 0.717) is 0 Å². The molecule has 2 atom stereocenters. The van der Waals surface area contributed by atoms with Crippen LogP contribution < -0.4 is 0 Å². The molecule has 0 fully saturated rings. The smallest absolute Gasteiger partial charge is 0.254 e. The molecule has 2 aromatic carbocycles. The van der Waals surface area contributed by atoms with Crippen molar-refractivity contribution >= 4 is 28.5 Å². The van der Waals surface area contributed by atoms with Gasteiger partial charge in [0, 0.05) is 22.5 Å². The van der Waals surface area contributed by atoms with Gasteiger partial charge in [0.2, 0.25) is 0 Å². The Bertz CT molecular complexity index is 715. The predicted molar refractivity (Wildman–Crippen MR) is 108 cm³/mol. The summed E-state index contributed by atoms with van der Waals surface area (Å²) in [6.07, 6.45) is 3.43. The van der Waals surface area contributed by atoms with Crippen molar-refractivity contribution in [1.29, 1.82) is 0 Å². The summed E-state index contributed by atoms with van der Waals surface area (Å²) >= 11 is 2.52. The zero-order valence-corrected chi connectivity index (χ0v) is 16.5. The van der Waals surface area contributed by atoms with Gasteiger partial charge in [-0.15, -0.1) is 0 Å². The third-order valence-electron chi connectivity index (χ3n) is 5.26. The number of amides is 1. The Hall–Kier alpha value is -1.36. The van der Waals surface area contributed by atoms with Crippen LogP contribution in [0.3, 0.4) is 0 Å². The Labute approximate surface area is 158 Å². The van der Waals surface area contributed by atoms with E-state index in [2.05, 4.69) is 65.9 Å². The van der Waals surface area contributed by atoms with Crippen LogP contribution >= 0.6 is 22.6 Å². The highest BCUT2D eigenvalue weighted by atomic mass is 127. The topological polar surface area (TPSA) is 20.3 Å². The molecular formula is C21H24INO. The fraction of sp³-hybridized carbons (Fsp3) is 0.381. The maximum absolute atomic E-state index is 13.0. The number of nitrogens with zero attached hydrogens (tertiary/aromatic N) is 1. The number of fused-ring (bicyclic) bond motifs is 1. The molecule has 0 bridgehead atoms. The molecule has 0 aliphatic carbocycles. The summed E-state index contributed by atoms with van der Waals surface area (Å²) in [6, 6.07) is 18.8. The summed E-state index contributed by atoms with van der Waals surface area (Å²) in [5.74, 6) is 0.136. The molecule has 0 N–H and O–H groups in total. The van der Waals surface area contributed by atoms with Crippen LogP contribution in [0.25, 0.3) is 0 Å². The lowest BCUT2D eigenvalue weighted by atomic mass is 9.66. The summed E-state index contributed by atoms with van der Waals surface area (Å²) in [7, 11) is 1.96. The molecule has 1 heterocycles. The number of carbonyl (C=O) groups is 1. The second-order valence-electron chi connectivity index (χ2n) is 6.67. The van der Waals surface area contributed by atoms with Crippen molar-refractivity contribution in [3.05, 3.63) is 71.3 Å². The van der Waals surface area contributed by atoms with Crippen molar-refractivity contribution in [2.45, 2.75) is 37.6 Å². The van der Waals surface area contributed by atoms with Gasteiger partial charge in [-0.05, 0) is 23.6 Å². The van der Waals surface area contributed by atoms with E-state index < -0.39 is 0 Å². The first-order valence-corrected chi connectivity index (χ1v) is 10.2. The highest BCUT2D eigenvalue weighted by Crippen LogP contribution is 2.50. The van der Waals surface area contributed by atoms with Gasteiger partial charge in [-0.2, -0.15) is 0 Å². The summed E-state index contributed by atoms with van der Waals surface area (Å²) in [6.45, 7) is 2.24. The minimum absolute atomic E-state index is 0.0306. The summed E-state index contributed by atoms with van der Waals surface area (Å²) < 4.78 is 0.999. The molecule has 1 aliphatic rings. The lowest BCUT2D eigenvalue weighted by Gasteiger charge is -2.49. The third-order valence-corrected chi connectivity index (χ3v) is 6.62. The molecule has 1 amide bonds. The van der Waals surface area contributed by atoms with Gasteiger partial charge in [0.05, 0.1) is 6.04 Å². The van der Waals surface area contributed by atoms with Gasteiger partial charge in [0.1, 0.15) is 0 Å². The monoisotopic (exact) mass is 433 g/mol. The number of benzene rings is 2. The first-order valence-electron chi connectivity index (χ1n) is 8.63. The molecule has 0 radical (unpaired) electrons. The van der Waals surface area contributed by atoms with E-state index in [1.54, 1.807) is 0 Å². The van der Waals surface area contributed by atoms with E-state index in [9.17, 15) is 4.79 Å². The minimum Gasteiger partial charge on any atom is -0.334 e. The van der Waals surface area contributed by atoms with Gasteiger partial charge in [0.15, 0.2) is 0 Å². The zero-order valence-electron chi connectivity index (χ0n) is 14.3. The fourth-order valence-corrected chi connectivity index (χ4v) is 5.29. The number of unbranched alkanes of at least 4 members (excludes halogenated alkanes) is 1. The molecule has 24 heavy (non-hydrogen) atoms. The second-order valence-corrected chi connectivity index (χ2v) is 7.43. The third kappa shape index (κ3) is 2.77. The lowest BCUT2D eigenvalue weighted by Crippen LogP contribution is -2.51. The molecule has 0 saturated heterocycles. The Morgan fingerprint density at radius 3 is 2.42 bits per heavy atom. The van der Waals surface area contributed by atoms with Crippen LogP contribution in [0, 0.1) is 0 Å². The molecule has 0 spiro atoms. The fourth-order valence-electron chi connectivity index (χ4n) is 4.08. The molecule has 3 rings (SSSR count). The summed E-state index contributed by atoms with van der Waals surface area (Å²) in [5, 5.41) is 0. The van der Waals surface area contributed by atoms with Gasteiger partial charge < -0.3 is 4.90 Å². The molecular weight excluding hydrogens is 409 g/mol. The van der Waals surface area contributed by atoms with Crippen molar-refractivity contribution in [3.8, 4) is 0 Å². The van der Waals surface area contributed by atoms with Crippen LogP contribution in [0.4, 0.5) is 0 Å². The molecule has 1 aliphatic heterocycles. The zero-order chi connectivity index (χ0) is 17.2. The average Bonchev–Trinajstić information content (AvgIpc) is 2.64. The van der Waals surface area contributed by atoms with Crippen molar-refractivity contribution < 1.29 is 4.79 Å². The summed E-state index contributed by atoms with van der Waals surface area (Å²) in [5.41, 5.74) is 3.30. The quantitative estimate of drug-likeness (QED) is 0.458. The molecule has 3 heteroatoms. The maximum Gasteiger partial charge on any atom is 0.254 e. The van der Waals surface area contributed by atoms with Crippen molar-refractivity contribution in [1.82, 2.24) is 4.90 Å². The van der Waals surface area contributed by atoms with Crippen molar-refractivity contribution in [2.75, 3.05) is 11.5 Å². The largest absolute Gasteiger partial charge is 0.334 e. The van der Waals surface area contributed by atoms with Crippen LogP contribution in [0.15, 0.2) is 54.6 Å². The predicted octanol–water partition coefficient (Wildman–Crippen LogP) is 5.38. The van der Waals surface area contributed by atoms with E-state index in [1.807, 2.05) is 30.1 Å². The number of alkyl halides is 1. The van der Waals surface area contributed by atoms with E-state index in [4.69, 9.17) is 0 Å². The Morgan fingerprint density at radius 1 is 1.08 bits per heavy atom. The number of hydrogen-bond acceptors (Lipinski definition) is 1. The normalized spacial score (nSPS) is 23.2. The first kappa shape index (κ1) is 17.5. The number of halogens is 1. The van der Waals surface area contributed by atoms with Crippen LogP contribution in [0.1, 0.15) is 53.7 Å². The first-order chi connectivity index (χ1) is 11.7. The van der Waals surface area contributed by atoms with Crippen LogP contribution in [0.5, 0.6) is 0 Å². The number of rotatable bonds is 5. The van der Waals surface area contributed by atoms with E-state index in [1.165, 1.54) is 24.0 Å². The Balaban J connectivity index is 2.23. The van der Waals surface area contributed by atoms with Crippen LogP contribution in [-0.4, -0.2) is 22.3 Å². The number of likely N-dealkylation sites (N-methyl/N-ethyl adjacent to an activating group) is 1. The van der Waals surface area contributed by atoms with Crippen molar-refractivity contribution in [2.24, 2.45) is 0 Å². The Morgan fingerprint density at radius 2 is 1.75 bits per heavy atom. The van der Waals surface area contributed by atoms with Gasteiger partial charge >= 0.3 is 0 Å². The Kier molecular flexibility index (Phi) is 5.28. The molecule has 0 unspecified atom stereocenters. The highest BCUT2D eigenvalue weighted by Gasteiger charge is 2.49. The molecule has 0 saturated carbocycles. The van der Waals surface area contributed by atoms with Gasteiger partial charge in [-0.1, -0.05) is 90.9 Å². The molecule has 2 nitrogen and oxygen atoms in total. The number of hydrogen-bond donors (Lipinski definition) is 0. The molecule has 0 aromatic heterocycles. The summed E-state index contributed by atoms with van der Waals surface area (Å²) in [4.78, 5) is 15.0. The standard InChI is InChI=1S/C21H24INO/c1-3-4-14-21(15-22)18-13-9-8-12-17(18)20(24)23(2)19(21)16-10-6-5-7-11-16/h5-13,19H,3-4,14-15H2,1-2H3/t19-,21+/m1/s1. The van der Waals surface area contributed by atoms with Crippen LogP contribution in [-0.2, 0) is 5.41 Å². The average molecular weight is 433 g/mol. The second kappa shape index (κ2) is 7.26. The SMILES string of the molecule is CCCC[C@]1(CI)c2ccccc2C(=O)N(C)[C@@H]1c1ccccc1. The van der Waals surface area contributed by atoms with E-state index in [0.717, 1.165) is 16.4 Å². The van der Waals surface area contributed by atoms with Gasteiger partial charge in [0.25, 0.3) is 5.91 Å². The highest BCUT2D eigenvalue weighted by molar-refractivity contribution is 14.1. The van der Waals surface area contributed by atoms with Crippen molar-refractivity contribution in [3.63, 3.8) is 0 Å². The van der Waals surface area contributed by atoms with Gasteiger partial charge in [-0.25, -0.2) is 0 Å². The maximum atomic E-state index is 13.0. The van der Waals surface area contributed by atoms with Crippen LogP contribution in [0.2, 0.25) is 0 Å². The van der Waals surface area contributed by atoms with Gasteiger partial charge in [-0.3, -0.25) is 4.79 Å². The molecule has 2 aromatic rings. The van der Waals surface area contributed by atoms with E-state index in [-0.39, 0.29) is 17.4 Å². The lowest BCUT2D eigenvalue weighted by molar-refractivity contribution is 0.0584. The number of carbonyl (C=O) groups excluding carboxylic acids is 1. The van der Waals surface area contributed by atoms with E-state index >= 15 is 0 Å². The molecule has 126 valence electrons. The minimum atomic E-state index is -0.0306.